The molecule has 1 aromatic carbocycles. The van der Waals surface area contributed by atoms with E-state index >= 15 is 0 Å². The van der Waals surface area contributed by atoms with Crippen LogP contribution in [-0.2, 0) is 10.0 Å². The van der Waals surface area contributed by atoms with Gasteiger partial charge in [-0.25, -0.2) is 8.42 Å². The van der Waals surface area contributed by atoms with Gasteiger partial charge in [-0.2, -0.15) is 0 Å². The highest BCUT2D eigenvalue weighted by molar-refractivity contribution is 9.10. The van der Waals surface area contributed by atoms with E-state index in [1.54, 1.807) is 18.2 Å². The molecule has 1 aliphatic rings. The lowest BCUT2D eigenvalue weighted by Crippen LogP contribution is -2.24. The zero-order chi connectivity index (χ0) is 13.9. The fourth-order valence-corrected chi connectivity index (χ4v) is 4.57. The molecule has 0 atom stereocenters. The number of anilines is 1. The first-order valence-corrected chi connectivity index (χ1v) is 9.24. The van der Waals surface area contributed by atoms with Crippen LogP contribution in [-0.4, -0.2) is 14.2 Å². The van der Waals surface area contributed by atoms with Gasteiger partial charge in [-0.3, -0.25) is 4.72 Å². The fraction of sp³-hybridized carbons (Fsp3) is 0.538. The lowest BCUT2D eigenvalue weighted by atomic mass is 9.91. The van der Waals surface area contributed by atoms with Crippen LogP contribution in [0.4, 0.5) is 5.69 Å². The first-order chi connectivity index (χ1) is 8.96. The number of sulfonamides is 1. The molecule has 2 rings (SSSR count). The van der Waals surface area contributed by atoms with Gasteiger partial charge in [0.15, 0.2) is 0 Å². The molecule has 0 amide bonds. The summed E-state index contributed by atoms with van der Waals surface area (Å²) in [5.41, 5.74) is 0.437. The summed E-state index contributed by atoms with van der Waals surface area (Å²) in [6.07, 6.45) is 5.51. The summed E-state index contributed by atoms with van der Waals surface area (Å²) in [4.78, 5) is 0. The molecular formula is C13H17BrClNO2S. The molecule has 0 saturated heterocycles. The summed E-state index contributed by atoms with van der Waals surface area (Å²) < 4.78 is 27.7. The Morgan fingerprint density at radius 3 is 2.63 bits per heavy atom. The molecule has 0 bridgehead atoms. The smallest absolute Gasteiger partial charge is 0.233 e. The van der Waals surface area contributed by atoms with Crippen molar-refractivity contribution in [3.63, 3.8) is 0 Å². The van der Waals surface area contributed by atoms with E-state index < -0.39 is 10.0 Å². The minimum atomic E-state index is -3.33. The summed E-state index contributed by atoms with van der Waals surface area (Å²) in [6, 6.07) is 5.13. The molecule has 1 aliphatic carbocycles. The van der Waals surface area contributed by atoms with Crippen LogP contribution in [0, 0.1) is 5.92 Å². The third-order valence-electron chi connectivity index (χ3n) is 3.37. The number of hydrogen-bond donors (Lipinski definition) is 1. The molecule has 0 heterocycles. The van der Waals surface area contributed by atoms with Crippen molar-refractivity contribution >= 4 is 43.2 Å². The van der Waals surface area contributed by atoms with Crippen molar-refractivity contribution in [2.45, 2.75) is 32.1 Å². The van der Waals surface area contributed by atoms with Gasteiger partial charge in [-0.1, -0.05) is 46.8 Å². The van der Waals surface area contributed by atoms with Crippen LogP contribution >= 0.6 is 27.5 Å². The Morgan fingerprint density at radius 1 is 1.26 bits per heavy atom. The van der Waals surface area contributed by atoms with Gasteiger partial charge in [0.2, 0.25) is 10.0 Å². The van der Waals surface area contributed by atoms with Crippen LogP contribution in [0.25, 0.3) is 0 Å². The molecule has 0 radical (unpaired) electrons. The SMILES string of the molecule is O=S(=O)(CC1CCCCC1)Nc1cc(Br)ccc1Cl. The highest BCUT2D eigenvalue weighted by atomic mass is 79.9. The van der Waals surface area contributed by atoms with Crippen LogP contribution in [0.15, 0.2) is 22.7 Å². The summed E-state index contributed by atoms with van der Waals surface area (Å²) in [5.74, 6) is 0.465. The van der Waals surface area contributed by atoms with Crippen molar-refractivity contribution in [1.29, 1.82) is 0 Å². The molecule has 19 heavy (non-hydrogen) atoms. The maximum absolute atomic E-state index is 12.1. The number of hydrogen-bond acceptors (Lipinski definition) is 2. The van der Waals surface area contributed by atoms with Crippen LogP contribution < -0.4 is 4.72 Å². The number of benzene rings is 1. The maximum atomic E-state index is 12.1. The number of nitrogens with one attached hydrogen (secondary N) is 1. The van der Waals surface area contributed by atoms with Crippen molar-refractivity contribution in [2.24, 2.45) is 5.92 Å². The third-order valence-corrected chi connectivity index (χ3v) is 5.64. The Labute approximate surface area is 127 Å². The van der Waals surface area contributed by atoms with Crippen LogP contribution in [0.1, 0.15) is 32.1 Å². The summed E-state index contributed by atoms with van der Waals surface area (Å²) in [6.45, 7) is 0. The van der Waals surface area contributed by atoms with E-state index in [1.807, 2.05) is 0 Å². The average molecular weight is 367 g/mol. The quantitative estimate of drug-likeness (QED) is 0.857. The standard InChI is InChI=1S/C13H17BrClNO2S/c14-11-6-7-12(15)13(8-11)16-19(17,18)9-10-4-2-1-3-5-10/h6-8,10,16H,1-5,9H2. The first-order valence-electron chi connectivity index (χ1n) is 6.42. The van der Waals surface area contributed by atoms with E-state index in [4.69, 9.17) is 11.6 Å². The molecule has 1 N–H and O–H groups in total. The minimum Gasteiger partial charge on any atom is -0.282 e. The highest BCUT2D eigenvalue weighted by Crippen LogP contribution is 2.29. The molecule has 0 aliphatic heterocycles. The van der Waals surface area contributed by atoms with Gasteiger partial charge in [0.25, 0.3) is 0 Å². The highest BCUT2D eigenvalue weighted by Gasteiger charge is 2.21. The summed E-state index contributed by atoms with van der Waals surface area (Å²) in [7, 11) is -3.33. The zero-order valence-corrected chi connectivity index (χ0v) is 13.7. The van der Waals surface area contributed by atoms with Gasteiger partial charge in [0.05, 0.1) is 16.5 Å². The molecule has 3 nitrogen and oxygen atoms in total. The predicted octanol–water partition coefficient (Wildman–Crippen LogP) is 4.42. The van der Waals surface area contributed by atoms with Crippen LogP contribution in [0.5, 0.6) is 0 Å². The van der Waals surface area contributed by atoms with Gasteiger partial charge in [-0.05, 0) is 37.0 Å². The van der Waals surface area contributed by atoms with E-state index in [1.165, 1.54) is 6.42 Å². The van der Waals surface area contributed by atoms with Gasteiger partial charge in [0, 0.05) is 4.47 Å². The fourth-order valence-electron chi connectivity index (χ4n) is 2.45. The lowest BCUT2D eigenvalue weighted by Gasteiger charge is -2.21. The predicted molar refractivity (Wildman–Crippen MR) is 83.1 cm³/mol. The molecule has 0 spiro atoms. The van der Waals surface area contributed by atoms with E-state index in [2.05, 4.69) is 20.7 Å². The van der Waals surface area contributed by atoms with Gasteiger partial charge >= 0.3 is 0 Å². The number of rotatable bonds is 4. The van der Waals surface area contributed by atoms with Crippen molar-refractivity contribution in [3.8, 4) is 0 Å². The normalized spacial score (nSPS) is 17.4. The third kappa shape index (κ3) is 4.65. The Bertz CT molecular complexity index is 542. The second kappa shape index (κ2) is 6.46. The van der Waals surface area contributed by atoms with Gasteiger partial charge in [-0.15, -0.1) is 0 Å². The average Bonchev–Trinajstić information content (AvgIpc) is 2.34. The Kier molecular flexibility index (Phi) is 5.15. The second-order valence-corrected chi connectivity index (χ2v) is 8.10. The summed E-state index contributed by atoms with van der Waals surface area (Å²) >= 11 is 9.31. The van der Waals surface area contributed by atoms with E-state index in [0.717, 1.165) is 30.2 Å². The summed E-state index contributed by atoms with van der Waals surface area (Å²) in [5, 5.41) is 0.412. The molecule has 1 fully saturated rings. The first kappa shape index (κ1) is 15.1. The van der Waals surface area contributed by atoms with Crippen molar-refractivity contribution in [2.75, 3.05) is 10.5 Å². The Morgan fingerprint density at radius 2 is 1.95 bits per heavy atom. The molecule has 1 aromatic rings. The van der Waals surface area contributed by atoms with Crippen LogP contribution in [0.2, 0.25) is 5.02 Å². The topological polar surface area (TPSA) is 46.2 Å². The minimum absolute atomic E-state index is 0.190. The molecule has 6 heteroatoms. The van der Waals surface area contributed by atoms with E-state index in [-0.39, 0.29) is 11.7 Å². The molecule has 1 saturated carbocycles. The lowest BCUT2D eigenvalue weighted by molar-refractivity contribution is 0.385. The maximum Gasteiger partial charge on any atom is 0.233 e. The van der Waals surface area contributed by atoms with E-state index in [9.17, 15) is 8.42 Å². The molecule has 0 aromatic heterocycles. The van der Waals surface area contributed by atoms with Crippen molar-refractivity contribution in [3.05, 3.63) is 27.7 Å². The Hall–Kier alpha value is -0.260. The largest absolute Gasteiger partial charge is 0.282 e. The molecular weight excluding hydrogens is 350 g/mol. The monoisotopic (exact) mass is 365 g/mol. The van der Waals surface area contributed by atoms with E-state index in [0.29, 0.717) is 10.7 Å². The second-order valence-electron chi connectivity index (χ2n) is 5.01. The van der Waals surface area contributed by atoms with Crippen LogP contribution in [0.3, 0.4) is 0 Å². The van der Waals surface area contributed by atoms with Gasteiger partial charge < -0.3 is 0 Å². The molecule has 0 unspecified atom stereocenters. The number of halogens is 2. The van der Waals surface area contributed by atoms with Crippen molar-refractivity contribution < 1.29 is 8.42 Å². The molecule has 106 valence electrons. The zero-order valence-electron chi connectivity index (χ0n) is 10.5. The Balaban J connectivity index is 2.05. The van der Waals surface area contributed by atoms with Crippen molar-refractivity contribution in [1.82, 2.24) is 0 Å². The van der Waals surface area contributed by atoms with Gasteiger partial charge in [0.1, 0.15) is 0 Å².